The zero-order valence-corrected chi connectivity index (χ0v) is 23.7. The molecule has 6 rings (SSSR count). The number of H-pyrrole nitrogens is 2. The Balaban J connectivity index is 1.68. The van der Waals surface area contributed by atoms with Crippen LogP contribution in [0.2, 0.25) is 10.0 Å². The van der Waals surface area contributed by atoms with Crippen molar-refractivity contribution in [1.82, 2.24) is 14.5 Å². The van der Waals surface area contributed by atoms with Crippen LogP contribution in [0.1, 0.15) is 35.3 Å². The van der Waals surface area contributed by atoms with E-state index < -0.39 is 22.8 Å². The first-order chi connectivity index (χ1) is 19.4. The average Bonchev–Trinajstić information content (AvgIpc) is 3.27. The summed E-state index contributed by atoms with van der Waals surface area (Å²) in [5.41, 5.74) is 7.82. The van der Waals surface area contributed by atoms with Crippen LogP contribution in [0.5, 0.6) is 0 Å². The van der Waals surface area contributed by atoms with Crippen molar-refractivity contribution in [3.63, 3.8) is 0 Å². The highest BCUT2D eigenvalue weighted by Crippen LogP contribution is 2.45. The molecule has 41 heavy (non-hydrogen) atoms. The summed E-state index contributed by atoms with van der Waals surface area (Å²) in [5, 5.41) is 12.5. The molecule has 206 valence electrons. The number of nitrogens with zero attached hydrogens (tertiary/aromatic N) is 1. The van der Waals surface area contributed by atoms with Gasteiger partial charge in [0.25, 0.3) is 11.5 Å². The molecule has 0 saturated carbocycles. The third-order valence-corrected chi connectivity index (χ3v) is 8.04. The molecule has 2 aromatic heterocycles. The number of amides is 1. The number of hydrogen-bond acceptors (Lipinski definition) is 4. The monoisotopic (exact) mass is 586 g/mol. The molecule has 0 saturated heterocycles. The molecule has 0 atom stereocenters. The van der Waals surface area contributed by atoms with Crippen LogP contribution >= 0.6 is 23.2 Å². The number of halogens is 2. The van der Waals surface area contributed by atoms with E-state index >= 15 is 0 Å². The number of hydrogen-bond donors (Lipinski definition) is 4. The standard InChI is InChI=1S/C31H24Cl2N4O4/c1-14-7-9-17-21(11-14)36-30(40)37(29(17)39)23-6-4-5-18(26(23)33)24-20(32)13-19(28(34)38)27-25(24)16-10-8-15(31(2,3)41)12-22(16)35-27/h4-13,35,41H,1-3H3,(H2,34,38)(H,36,40). The van der Waals surface area contributed by atoms with E-state index in [1.807, 2.05) is 13.0 Å². The Hall–Kier alpha value is -4.37. The molecule has 0 aliphatic heterocycles. The van der Waals surface area contributed by atoms with Crippen molar-refractivity contribution >= 4 is 61.8 Å². The molecule has 10 heteroatoms. The predicted molar refractivity (Wildman–Crippen MR) is 163 cm³/mol. The minimum absolute atomic E-state index is 0.115. The van der Waals surface area contributed by atoms with E-state index in [0.717, 1.165) is 10.1 Å². The van der Waals surface area contributed by atoms with Crippen LogP contribution in [0.4, 0.5) is 0 Å². The molecule has 1 amide bonds. The highest BCUT2D eigenvalue weighted by Gasteiger charge is 2.24. The number of fused-ring (bicyclic) bond motifs is 4. The number of carbonyl (C=O) groups is 1. The highest BCUT2D eigenvalue weighted by molar-refractivity contribution is 6.40. The number of rotatable bonds is 4. The molecule has 2 heterocycles. The largest absolute Gasteiger partial charge is 0.386 e. The van der Waals surface area contributed by atoms with Gasteiger partial charge in [0, 0.05) is 27.4 Å². The van der Waals surface area contributed by atoms with Gasteiger partial charge in [-0.05, 0) is 62.2 Å². The van der Waals surface area contributed by atoms with Gasteiger partial charge >= 0.3 is 5.69 Å². The predicted octanol–water partition coefficient (Wildman–Crippen LogP) is 5.92. The maximum Gasteiger partial charge on any atom is 0.333 e. The summed E-state index contributed by atoms with van der Waals surface area (Å²) in [7, 11) is 0. The number of aliphatic hydroxyl groups is 1. The summed E-state index contributed by atoms with van der Waals surface area (Å²) in [6.07, 6.45) is 0. The molecule has 0 radical (unpaired) electrons. The molecular weight excluding hydrogens is 563 g/mol. The first-order valence-corrected chi connectivity index (χ1v) is 13.5. The number of primary amides is 1. The lowest BCUT2D eigenvalue weighted by atomic mass is 9.94. The Bertz CT molecular complexity index is 2200. The topological polar surface area (TPSA) is 134 Å². The summed E-state index contributed by atoms with van der Waals surface area (Å²) >= 11 is 13.8. The lowest BCUT2D eigenvalue weighted by molar-refractivity contribution is 0.0787. The second-order valence-corrected chi connectivity index (χ2v) is 11.4. The molecule has 0 aliphatic carbocycles. The summed E-state index contributed by atoms with van der Waals surface area (Å²) in [6, 6.07) is 17.0. The lowest BCUT2D eigenvalue weighted by Gasteiger charge is -2.17. The van der Waals surface area contributed by atoms with E-state index in [2.05, 4.69) is 9.97 Å². The van der Waals surface area contributed by atoms with Gasteiger partial charge in [-0.3, -0.25) is 9.59 Å². The molecule has 4 aromatic carbocycles. The molecule has 6 aromatic rings. The van der Waals surface area contributed by atoms with Crippen LogP contribution in [0.15, 0.2) is 70.3 Å². The minimum atomic E-state index is -1.10. The maximum absolute atomic E-state index is 13.5. The van der Waals surface area contributed by atoms with E-state index in [1.54, 1.807) is 62.4 Å². The van der Waals surface area contributed by atoms with E-state index in [-0.39, 0.29) is 21.3 Å². The van der Waals surface area contributed by atoms with Crippen molar-refractivity contribution < 1.29 is 9.90 Å². The van der Waals surface area contributed by atoms with Crippen molar-refractivity contribution in [3.8, 4) is 16.8 Å². The van der Waals surface area contributed by atoms with Gasteiger partial charge in [-0.2, -0.15) is 0 Å². The maximum atomic E-state index is 13.5. The first-order valence-electron chi connectivity index (χ1n) is 12.7. The molecule has 5 N–H and O–H groups in total. The number of carbonyl (C=O) groups excluding carboxylic acids is 1. The highest BCUT2D eigenvalue weighted by atomic mass is 35.5. The quantitative estimate of drug-likeness (QED) is 0.204. The van der Waals surface area contributed by atoms with Crippen LogP contribution in [0.25, 0.3) is 49.5 Å². The van der Waals surface area contributed by atoms with Gasteiger partial charge in [0.15, 0.2) is 0 Å². The Morgan fingerprint density at radius 1 is 0.951 bits per heavy atom. The van der Waals surface area contributed by atoms with Gasteiger partial charge in [0.1, 0.15) is 0 Å². The van der Waals surface area contributed by atoms with E-state index in [1.165, 1.54) is 6.07 Å². The second-order valence-electron chi connectivity index (χ2n) is 10.6. The van der Waals surface area contributed by atoms with Crippen LogP contribution in [0.3, 0.4) is 0 Å². The number of aromatic amines is 2. The van der Waals surface area contributed by atoms with E-state index in [9.17, 15) is 19.5 Å². The zero-order valence-electron chi connectivity index (χ0n) is 22.2. The fraction of sp³-hybridized carbons (Fsp3) is 0.129. The number of aromatic nitrogens is 3. The Kier molecular flexibility index (Phi) is 6.11. The minimum Gasteiger partial charge on any atom is -0.386 e. The van der Waals surface area contributed by atoms with Gasteiger partial charge in [-0.15, -0.1) is 0 Å². The van der Waals surface area contributed by atoms with Gasteiger partial charge in [-0.25, -0.2) is 9.36 Å². The van der Waals surface area contributed by atoms with Crippen molar-refractivity contribution in [1.29, 1.82) is 0 Å². The van der Waals surface area contributed by atoms with Gasteiger partial charge in [0.2, 0.25) is 0 Å². The molecule has 0 aliphatic rings. The summed E-state index contributed by atoms with van der Waals surface area (Å²) in [5.74, 6) is -0.679. The van der Waals surface area contributed by atoms with Crippen molar-refractivity contribution in [2.24, 2.45) is 5.73 Å². The number of nitrogens with two attached hydrogens (primary N) is 1. The van der Waals surface area contributed by atoms with Gasteiger partial charge in [-0.1, -0.05) is 53.5 Å². The number of aryl methyl sites for hydroxylation is 1. The summed E-state index contributed by atoms with van der Waals surface area (Å²) < 4.78 is 0.997. The molecular formula is C31H24Cl2N4O4. The zero-order chi connectivity index (χ0) is 29.4. The number of nitrogens with one attached hydrogen (secondary N) is 2. The Morgan fingerprint density at radius 2 is 1.66 bits per heavy atom. The molecule has 0 bridgehead atoms. The van der Waals surface area contributed by atoms with Crippen LogP contribution in [0, 0.1) is 6.92 Å². The van der Waals surface area contributed by atoms with Crippen molar-refractivity contribution in [2.75, 3.05) is 0 Å². The summed E-state index contributed by atoms with van der Waals surface area (Å²) in [4.78, 5) is 45.1. The fourth-order valence-electron chi connectivity index (χ4n) is 5.32. The molecule has 0 unspecified atom stereocenters. The van der Waals surface area contributed by atoms with Crippen LogP contribution < -0.4 is 17.0 Å². The Labute approximate surface area is 242 Å². The number of benzene rings is 4. The lowest BCUT2D eigenvalue weighted by Crippen LogP contribution is -2.33. The molecule has 0 spiro atoms. The van der Waals surface area contributed by atoms with Crippen molar-refractivity contribution in [3.05, 3.63) is 108 Å². The average molecular weight is 587 g/mol. The van der Waals surface area contributed by atoms with Gasteiger partial charge in [0.05, 0.1) is 43.3 Å². The second kappa shape index (κ2) is 9.34. The van der Waals surface area contributed by atoms with E-state index in [0.29, 0.717) is 49.4 Å². The first kappa shape index (κ1) is 26.8. The third kappa shape index (κ3) is 4.23. The van der Waals surface area contributed by atoms with E-state index in [4.69, 9.17) is 28.9 Å². The van der Waals surface area contributed by atoms with Gasteiger partial charge < -0.3 is 20.8 Å². The van der Waals surface area contributed by atoms with Crippen molar-refractivity contribution in [2.45, 2.75) is 26.4 Å². The van der Waals surface area contributed by atoms with Crippen LogP contribution in [-0.2, 0) is 5.60 Å². The molecule has 0 fully saturated rings. The summed E-state index contributed by atoms with van der Waals surface area (Å²) in [6.45, 7) is 5.22. The normalized spacial score (nSPS) is 12.0. The third-order valence-electron chi connectivity index (χ3n) is 7.34. The van der Waals surface area contributed by atoms with Crippen LogP contribution in [-0.4, -0.2) is 25.5 Å². The smallest absolute Gasteiger partial charge is 0.333 e. The molecule has 8 nitrogen and oxygen atoms in total. The Morgan fingerprint density at radius 3 is 2.37 bits per heavy atom. The fourth-order valence-corrected chi connectivity index (χ4v) is 5.93. The SMILES string of the molecule is Cc1ccc2c(=O)n(-c3cccc(-c4c(Cl)cc(C(N)=O)c5[nH]c6cc(C(C)(C)O)ccc6c45)c3Cl)c(=O)[nH]c2c1.